The highest BCUT2D eigenvalue weighted by molar-refractivity contribution is 6.15. The Balaban J connectivity index is 1.02. The molecule has 0 aliphatic carbocycles. The van der Waals surface area contributed by atoms with Crippen LogP contribution in [0, 0.1) is 0 Å². The lowest BCUT2D eigenvalue weighted by atomic mass is 9.97. The van der Waals surface area contributed by atoms with Crippen molar-refractivity contribution in [2.45, 2.75) is 0 Å². The monoisotopic (exact) mass is 739 g/mol. The van der Waals surface area contributed by atoms with Crippen LogP contribution in [0.25, 0.3) is 88.0 Å². The van der Waals surface area contributed by atoms with E-state index in [2.05, 4.69) is 229 Å². The highest BCUT2D eigenvalue weighted by Gasteiger charge is 2.19. The van der Waals surface area contributed by atoms with Crippen LogP contribution >= 0.6 is 0 Å². The normalized spacial score (nSPS) is 11.4. The van der Waals surface area contributed by atoms with E-state index in [1.165, 1.54) is 49.5 Å². The molecule has 0 bridgehead atoms. The Morgan fingerprint density at radius 3 is 1.53 bits per heavy atom. The molecule has 0 spiro atoms. The second kappa shape index (κ2) is 14.1. The number of para-hydroxylation sites is 1. The van der Waals surface area contributed by atoms with Gasteiger partial charge in [0, 0.05) is 33.1 Å². The molecule has 0 saturated carbocycles. The van der Waals surface area contributed by atoms with Crippen LogP contribution in [0.3, 0.4) is 0 Å². The van der Waals surface area contributed by atoms with Crippen LogP contribution in [-0.2, 0) is 0 Å². The molecule has 0 atom stereocenters. The molecule has 58 heavy (non-hydrogen) atoms. The van der Waals surface area contributed by atoms with E-state index in [1.807, 2.05) is 0 Å². The minimum atomic E-state index is 0.890. The summed E-state index contributed by atoms with van der Waals surface area (Å²) in [6.45, 7) is 0. The Bertz CT molecular complexity index is 3250. The van der Waals surface area contributed by atoms with Crippen LogP contribution in [0.15, 0.2) is 229 Å². The molecule has 1 aromatic heterocycles. The zero-order valence-electron chi connectivity index (χ0n) is 31.7. The van der Waals surface area contributed by atoms with E-state index in [-0.39, 0.29) is 0 Å². The maximum Gasteiger partial charge on any atom is 0.143 e. The van der Waals surface area contributed by atoms with Gasteiger partial charge in [0.05, 0.1) is 5.69 Å². The lowest BCUT2D eigenvalue weighted by Gasteiger charge is -2.28. The smallest absolute Gasteiger partial charge is 0.143 e. The minimum absolute atomic E-state index is 0.890. The molecule has 0 N–H and O–H groups in total. The topological polar surface area (TPSA) is 16.4 Å². The number of fused-ring (bicyclic) bond motifs is 6. The molecule has 1 heterocycles. The number of hydrogen-bond acceptors (Lipinski definition) is 2. The van der Waals surface area contributed by atoms with E-state index in [9.17, 15) is 0 Å². The number of hydrogen-bond donors (Lipinski definition) is 0. The molecular weight excluding hydrogens is 703 g/mol. The van der Waals surface area contributed by atoms with Crippen LogP contribution < -0.4 is 4.90 Å². The summed E-state index contributed by atoms with van der Waals surface area (Å²) in [4.78, 5) is 2.38. The van der Waals surface area contributed by atoms with Gasteiger partial charge in [-0.05, 0) is 104 Å². The quantitative estimate of drug-likeness (QED) is 0.162. The summed E-state index contributed by atoms with van der Waals surface area (Å²) in [5, 5.41) is 7.04. The molecule has 0 aliphatic heterocycles. The first-order valence-electron chi connectivity index (χ1n) is 19.8. The van der Waals surface area contributed by atoms with E-state index in [0.717, 1.165) is 55.5 Å². The second-order valence-corrected chi connectivity index (χ2v) is 14.9. The van der Waals surface area contributed by atoms with Gasteiger partial charge < -0.3 is 9.32 Å². The predicted octanol–water partition coefficient (Wildman–Crippen LogP) is 16.0. The fourth-order valence-corrected chi connectivity index (χ4v) is 8.57. The lowest BCUT2D eigenvalue weighted by Crippen LogP contribution is -2.11. The SMILES string of the molecule is c1ccc(-c2ccc(-c3ccc(N(c4ccc(-c5cccc6ccccc56)cc4)c4ccccc4-c4ccc5oc6c7ccccc7ccc6c5c4)cc3)cc2)cc1. The number of anilines is 3. The molecule has 0 unspecified atom stereocenters. The van der Waals surface area contributed by atoms with Gasteiger partial charge >= 0.3 is 0 Å². The molecule has 11 aromatic rings. The van der Waals surface area contributed by atoms with Crippen molar-refractivity contribution in [1.82, 2.24) is 0 Å². The summed E-state index contributed by atoms with van der Waals surface area (Å²) in [5.74, 6) is 0. The predicted molar refractivity (Wildman–Crippen MR) is 245 cm³/mol. The van der Waals surface area contributed by atoms with Gasteiger partial charge in [0.25, 0.3) is 0 Å². The zero-order chi connectivity index (χ0) is 38.4. The maximum atomic E-state index is 6.51. The molecule has 2 nitrogen and oxygen atoms in total. The zero-order valence-corrected chi connectivity index (χ0v) is 31.7. The molecule has 0 saturated heterocycles. The standard InChI is InChI=1S/C56H37NO/c1-2-11-38(12-3-1)39-21-23-40(24-22-39)41-25-31-46(32-26-41)57(47-33-27-44(28-34-47)49-19-10-15-42-13-4-6-16-48(42)49)54-20-9-8-17-50(54)45-30-36-55-53(37-45)52-35-29-43-14-5-7-18-51(43)56(52)58-55/h1-37H. The lowest BCUT2D eigenvalue weighted by molar-refractivity contribution is 0.672. The first kappa shape index (κ1) is 33.6. The third kappa shape index (κ3) is 5.91. The average Bonchev–Trinajstić information content (AvgIpc) is 3.69. The van der Waals surface area contributed by atoms with E-state index in [4.69, 9.17) is 4.42 Å². The van der Waals surface area contributed by atoms with Gasteiger partial charge in [-0.2, -0.15) is 0 Å². The van der Waals surface area contributed by atoms with Gasteiger partial charge in [0.2, 0.25) is 0 Å². The summed E-state index contributed by atoms with van der Waals surface area (Å²) in [6.07, 6.45) is 0. The summed E-state index contributed by atoms with van der Waals surface area (Å²) >= 11 is 0. The van der Waals surface area contributed by atoms with Gasteiger partial charge in [-0.1, -0.05) is 176 Å². The van der Waals surface area contributed by atoms with Crippen molar-refractivity contribution in [2.24, 2.45) is 0 Å². The van der Waals surface area contributed by atoms with Crippen LogP contribution in [-0.4, -0.2) is 0 Å². The van der Waals surface area contributed by atoms with Gasteiger partial charge in [-0.25, -0.2) is 0 Å². The third-order valence-corrected chi connectivity index (χ3v) is 11.5. The van der Waals surface area contributed by atoms with Crippen LogP contribution in [0.4, 0.5) is 17.1 Å². The Hall–Kier alpha value is -7.68. The van der Waals surface area contributed by atoms with Crippen molar-refractivity contribution < 1.29 is 4.42 Å². The van der Waals surface area contributed by atoms with Crippen molar-refractivity contribution in [3.05, 3.63) is 224 Å². The van der Waals surface area contributed by atoms with Gasteiger partial charge in [-0.15, -0.1) is 0 Å². The summed E-state index contributed by atoms with van der Waals surface area (Å²) in [7, 11) is 0. The van der Waals surface area contributed by atoms with Crippen molar-refractivity contribution in [3.8, 4) is 44.5 Å². The fourth-order valence-electron chi connectivity index (χ4n) is 8.57. The Morgan fingerprint density at radius 2 is 0.810 bits per heavy atom. The van der Waals surface area contributed by atoms with Gasteiger partial charge in [-0.3, -0.25) is 0 Å². The first-order chi connectivity index (χ1) is 28.7. The molecule has 0 aliphatic rings. The van der Waals surface area contributed by atoms with Crippen LogP contribution in [0.2, 0.25) is 0 Å². The molecule has 0 fully saturated rings. The Kier molecular flexibility index (Phi) is 8.19. The average molecular weight is 740 g/mol. The Labute approximate surface area is 337 Å². The third-order valence-electron chi connectivity index (χ3n) is 11.5. The van der Waals surface area contributed by atoms with E-state index in [0.29, 0.717) is 0 Å². The van der Waals surface area contributed by atoms with E-state index < -0.39 is 0 Å². The Morgan fingerprint density at radius 1 is 0.293 bits per heavy atom. The molecule has 2 heteroatoms. The van der Waals surface area contributed by atoms with Crippen molar-refractivity contribution in [3.63, 3.8) is 0 Å². The van der Waals surface area contributed by atoms with Crippen molar-refractivity contribution >= 4 is 60.5 Å². The molecule has 10 aromatic carbocycles. The first-order valence-corrected chi connectivity index (χ1v) is 19.8. The molecule has 11 rings (SSSR count). The van der Waals surface area contributed by atoms with Crippen LogP contribution in [0.1, 0.15) is 0 Å². The van der Waals surface area contributed by atoms with Crippen molar-refractivity contribution in [2.75, 3.05) is 4.90 Å². The van der Waals surface area contributed by atoms with Crippen LogP contribution in [0.5, 0.6) is 0 Å². The maximum absolute atomic E-state index is 6.51. The number of nitrogens with zero attached hydrogens (tertiary/aromatic N) is 1. The molecule has 272 valence electrons. The largest absolute Gasteiger partial charge is 0.455 e. The number of furan rings is 1. The summed E-state index contributed by atoms with van der Waals surface area (Å²) in [6, 6.07) is 80.7. The highest BCUT2D eigenvalue weighted by atomic mass is 16.3. The molecule has 0 radical (unpaired) electrons. The summed E-state index contributed by atoms with van der Waals surface area (Å²) < 4.78 is 6.51. The van der Waals surface area contributed by atoms with Gasteiger partial charge in [0.1, 0.15) is 11.2 Å². The van der Waals surface area contributed by atoms with E-state index in [1.54, 1.807) is 0 Å². The van der Waals surface area contributed by atoms with E-state index >= 15 is 0 Å². The fraction of sp³-hybridized carbons (Fsp3) is 0. The summed E-state index contributed by atoms with van der Waals surface area (Å²) in [5.41, 5.74) is 14.6. The molecule has 0 amide bonds. The number of benzene rings is 10. The molecular formula is C56H37NO. The second-order valence-electron chi connectivity index (χ2n) is 14.9. The van der Waals surface area contributed by atoms with Gasteiger partial charge in [0.15, 0.2) is 0 Å². The van der Waals surface area contributed by atoms with Crippen molar-refractivity contribution in [1.29, 1.82) is 0 Å². The minimum Gasteiger partial charge on any atom is -0.455 e. The number of rotatable bonds is 7. The highest BCUT2D eigenvalue weighted by Crippen LogP contribution is 2.44.